The van der Waals surface area contributed by atoms with E-state index in [1.165, 1.54) is 12.1 Å². The van der Waals surface area contributed by atoms with Gasteiger partial charge >= 0.3 is 0 Å². The van der Waals surface area contributed by atoms with Crippen molar-refractivity contribution in [2.75, 3.05) is 17.7 Å². The molecular weight excluding hydrogens is 271 g/mol. The number of nitrogens with one attached hydrogen (secondary N) is 1. The SMILES string of the molecule is Cc1cc(F)ccc1OCCC(=O)Nc1ccc(N)cc1. The lowest BCUT2D eigenvalue weighted by Gasteiger charge is -2.09. The monoisotopic (exact) mass is 288 g/mol. The second-order valence-corrected chi connectivity index (χ2v) is 4.68. The average molecular weight is 288 g/mol. The maximum atomic E-state index is 12.9. The van der Waals surface area contributed by atoms with Gasteiger partial charge in [-0.15, -0.1) is 0 Å². The van der Waals surface area contributed by atoms with Crippen LogP contribution in [0.5, 0.6) is 5.75 Å². The van der Waals surface area contributed by atoms with Crippen molar-refractivity contribution < 1.29 is 13.9 Å². The van der Waals surface area contributed by atoms with Gasteiger partial charge in [-0.1, -0.05) is 0 Å². The summed E-state index contributed by atoms with van der Waals surface area (Å²) < 4.78 is 18.4. The van der Waals surface area contributed by atoms with Gasteiger partial charge in [0, 0.05) is 11.4 Å². The highest BCUT2D eigenvalue weighted by atomic mass is 19.1. The van der Waals surface area contributed by atoms with Crippen LogP contribution in [-0.2, 0) is 4.79 Å². The van der Waals surface area contributed by atoms with Gasteiger partial charge in [0.2, 0.25) is 5.91 Å². The van der Waals surface area contributed by atoms with Crippen LogP contribution in [0, 0.1) is 12.7 Å². The van der Waals surface area contributed by atoms with Crippen LogP contribution >= 0.6 is 0 Å². The zero-order valence-corrected chi connectivity index (χ0v) is 11.7. The molecule has 0 heterocycles. The minimum absolute atomic E-state index is 0.153. The summed E-state index contributed by atoms with van der Waals surface area (Å²) in [6, 6.07) is 11.2. The van der Waals surface area contributed by atoms with Gasteiger partial charge in [0.05, 0.1) is 13.0 Å². The number of amides is 1. The van der Waals surface area contributed by atoms with E-state index in [0.717, 1.165) is 0 Å². The van der Waals surface area contributed by atoms with Gasteiger partial charge in [-0.25, -0.2) is 4.39 Å². The van der Waals surface area contributed by atoms with Crippen LogP contribution in [0.2, 0.25) is 0 Å². The number of hydrogen-bond donors (Lipinski definition) is 2. The normalized spacial score (nSPS) is 10.2. The van der Waals surface area contributed by atoms with Gasteiger partial charge in [-0.3, -0.25) is 4.79 Å². The number of anilines is 2. The first-order valence-corrected chi connectivity index (χ1v) is 6.59. The summed E-state index contributed by atoms with van der Waals surface area (Å²) >= 11 is 0. The Bertz CT molecular complexity index is 627. The van der Waals surface area contributed by atoms with Crippen molar-refractivity contribution in [2.24, 2.45) is 0 Å². The molecule has 2 rings (SSSR count). The molecule has 0 aromatic heterocycles. The lowest BCUT2D eigenvalue weighted by atomic mass is 10.2. The summed E-state index contributed by atoms with van der Waals surface area (Å²) in [6.07, 6.45) is 0.210. The molecule has 5 heteroatoms. The molecular formula is C16H17FN2O2. The third kappa shape index (κ3) is 4.49. The first-order valence-electron chi connectivity index (χ1n) is 6.59. The summed E-state index contributed by atoms with van der Waals surface area (Å²) in [6.45, 7) is 1.99. The first kappa shape index (κ1) is 14.8. The number of hydrogen-bond acceptors (Lipinski definition) is 3. The second kappa shape index (κ2) is 6.74. The Morgan fingerprint density at radius 1 is 1.24 bits per heavy atom. The number of aryl methyl sites for hydroxylation is 1. The van der Waals surface area contributed by atoms with Gasteiger partial charge in [0.15, 0.2) is 0 Å². The quantitative estimate of drug-likeness (QED) is 0.831. The molecule has 2 aromatic carbocycles. The summed E-state index contributed by atoms with van der Waals surface area (Å²) in [5.74, 6) is 0.122. The topological polar surface area (TPSA) is 64.3 Å². The van der Waals surface area contributed by atoms with E-state index in [4.69, 9.17) is 10.5 Å². The predicted octanol–water partition coefficient (Wildman–Crippen LogP) is 3.12. The molecule has 0 spiro atoms. The molecule has 21 heavy (non-hydrogen) atoms. The zero-order chi connectivity index (χ0) is 15.2. The number of nitrogens with two attached hydrogens (primary N) is 1. The Morgan fingerprint density at radius 2 is 1.95 bits per heavy atom. The minimum atomic E-state index is -0.305. The Hall–Kier alpha value is -2.56. The molecule has 0 saturated heterocycles. The van der Waals surface area contributed by atoms with E-state index < -0.39 is 0 Å². The van der Waals surface area contributed by atoms with Gasteiger partial charge < -0.3 is 15.8 Å². The Balaban J connectivity index is 1.80. The van der Waals surface area contributed by atoms with E-state index in [1.54, 1.807) is 37.3 Å². The lowest BCUT2D eigenvalue weighted by Crippen LogP contribution is -2.15. The third-order valence-corrected chi connectivity index (χ3v) is 2.92. The summed E-state index contributed by atoms with van der Waals surface area (Å²) in [7, 11) is 0. The summed E-state index contributed by atoms with van der Waals surface area (Å²) in [5, 5.41) is 2.74. The largest absolute Gasteiger partial charge is 0.493 e. The molecule has 0 aliphatic rings. The molecule has 1 amide bonds. The molecule has 3 N–H and O–H groups in total. The molecule has 0 bridgehead atoms. The van der Waals surface area contributed by atoms with E-state index in [2.05, 4.69) is 5.32 Å². The molecule has 0 unspecified atom stereocenters. The van der Waals surface area contributed by atoms with Crippen molar-refractivity contribution in [3.63, 3.8) is 0 Å². The summed E-state index contributed by atoms with van der Waals surface area (Å²) in [5.41, 5.74) is 7.60. The standard InChI is InChI=1S/C16H17FN2O2/c1-11-10-12(17)2-7-15(11)21-9-8-16(20)19-14-5-3-13(18)4-6-14/h2-7,10H,8-9,18H2,1H3,(H,19,20). The molecule has 4 nitrogen and oxygen atoms in total. The number of carbonyl (C=O) groups is 1. The highest BCUT2D eigenvalue weighted by Crippen LogP contribution is 2.18. The van der Waals surface area contributed by atoms with Gasteiger partial charge in [0.1, 0.15) is 11.6 Å². The number of ether oxygens (including phenoxy) is 1. The average Bonchev–Trinajstić information content (AvgIpc) is 2.44. The van der Waals surface area contributed by atoms with Crippen molar-refractivity contribution in [2.45, 2.75) is 13.3 Å². The Kier molecular flexibility index (Phi) is 4.77. The van der Waals surface area contributed by atoms with Crippen LogP contribution in [0.15, 0.2) is 42.5 Å². The smallest absolute Gasteiger partial charge is 0.227 e. The maximum Gasteiger partial charge on any atom is 0.227 e. The van der Waals surface area contributed by atoms with Gasteiger partial charge in [0.25, 0.3) is 0 Å². The molecule has 2 aromatic rings. The predicted molar refractivity (Wildman–Crippen MR) is 80.7 cm³/mol. The van der Waals surface area contributed by atoms with Crippen molar-refractivity contribution >= 4 is 17.3 Å². The highest BCUT2D eigenvalue weighted by molar-refractivity contribution is 5.90. The van der Waals surface area contributed by atoms with E-state index in [0.29, 0.717) is 22.7 Å². The Morgan fingerprint density at radius 3 is 2.62 bits per heavy atom. The molecule has 0 radical (unpaired) electrons. The van der Waals surface area contributed by atoms with Crippen molar-refractivity contribution in [3.8, 4) is 5.75 Å². The van der Waals surface area contributed by atoms with Crippen molar-refractivity contribution in [1.29, 1.82) is 0 Å². The number of benzene rings is 2. The van der Waals surface area contributed by atoms with Crippen molar-refractivity contribution in [3.05, 3.63) is 53.8 Å². The fourth-order valence-electron chi connectivity index (χ4n) is 1.82. The lowest BCUT2D eigenvalue weighted by molar-refractivity contribution is -0.116. The van der Waals surface area contributed by atoms with Crippen LogP contribution in [0.4, 0.5) is 15.8 Å². The second-order valence-electron chi connectivity index (χ2n) is 4.68. The van der Waals surface area contributed by atoms with E-state index in [9.17, 15) is 9.18 Å². The number of halogens is 1. The van der Waals surface area contributed by atoms with E-state index >= 15 is 0 Å². The van der Waals surface area contributed by atoms with Crippen LogP contribution < -0.4 is 15.8 Å². The highest BCUT2D eigenvalue weighted by Gasteiger charge is 2.05. The fourth-order valence-corrected chi connectivity index (χ4v) is 1.82. The van der Waals surface area contributed by atoms with Crippen LogP contribution in [0.25, 0.3) is 0 Å². The molecule has 0 fully saturated rings. The fraction of sp³-hybridized carbons (Fsp3) is 0.188. The van der Waals surface area contributed by atoms with Gasteiger partial charge in [-0.05, 0) is 55.0 Å². The van der Waals surface area contributed by atoms with Crippen LogP contribution in [-0.4, -0.2) is 12.5 Å². The first-order chi connectivity index (χ1) is 10.0. The summed E-state index contributed by atoms with van der Waals surface area (Å²) in [4.78, 5) is 11.7. The minimum Gasteiger partial charge on any atom is -0.493 e. The molecule has 0 aliphatic carbocycles. The van der Waals surface area contributed by atoms with E-state index in [-0.39, 0.29) is 24.8 Å². The molecule has 0 atom stereocenters. The molecule has 0 saturated carbocycles. The van der Waals surface area contributed by atoms with Crippen LogP contribution in [0.3, 0.4) is 0 Å². The van der Waals surface area contributed by atoms with Crippen LogP contribution in [0.1, 0.15) is 12.0 Å². The molecule has 110 valence electrons. The molecule has 0 aliphatic heterocycles. The third-order valence-electron chi connectivity index (χ3n) is 2.92. The number of nitrogen functional groups attached to an aromatic ring is 1. The zero-order valence-electron chi connectivity index (χ0n) is 11.7. The number of carbonyl (C=O) groups excluding carboxylic acids is 1. The van der Waals surface area contributed by atoms with Crippen molar-refractivity contribution in [1.82, 2.24) is 0 Å². The van der Waals surface area contributed by atoms with Gasteiger partial charge in [-0.2, -0.15) is 0 Å². The van der Waals surface area contributed by atoms with E-state index in [1.807, 2.05) is 0 Å². The number of rotatable bonds is 5. The Labute approximate surface area is 122 Å². The maximum absolute atomic E-state index is 12.9.